The molecule has 5 heteroatoms. The first-order valence-corrected chi connectivity index (χ1v) is 6.35. The number of carbonyl (C=O) groups excluding carboxylic acids is 1. The molecule has 2 unspecified atom stereocenters. The highest BCUT2D eigenvalue weighted by Crippen LogP contribution is 2.25. The van der Waals surface area contributed by atoms with Gasteiger partial charge in [-0.15, -0.1) is 9.05 Å². The lowest BCUT2D eigenvalue weighted by atomic mass is 9.91. The fraction of sp³-hybridized carbons (Fsp3) is 0.727. The molecule has 0 amide bonds. The molecule has 0 aromatic rings. The average molecular weight is 247 g/mol. The third kappa shape index (κ3) is 6.11. The van der Waals surface area contributed by atoms with Gasteiger partial charge in [0.2, 0.25) is 0 Å². The topological polar surface area (TPSA) is 52.6 Å². The van der Waals surface area contributed by atoms with Gasteiger partial charge in [-0.05, 0) is 25.7 Å². The van der Waals surface area contributed by atoms with Gasteiger partial charge in [-0.2, -0.15) is 0 Å². The Morgan fingerprint density at radius 2 is 2.00 bits per heavy atom. The number of Topliss-reactive ketones (excluding diaryl/α,β-unsaturated/α-hetero) is 1. The minimum atomic E-state index is -1.83. The van der Waals surface area contributed by atoms with Crippen LogP contribution in [-0.4, -0.2) is 20.0 Å². The van der Waals surface area contributed by atoms with E-state index in [1.165, 1.54) is 20.6 Å². The van der Waals surface area contributed by atoms with Gasteiger partial charge in [-0.3, -0.25) is 4.79 Å². The van der Waals surface area contributed by atoms with Crippen molar-refractivity contribution < 1.29 is 18.4 Å². The van der Waals surface area contributed by atoms with Crippen LogP contribution in [-0.2, 0) is 18.4 Å². The third-order valence-electron chi connectivity index (χ3n) is 2.63. The number of rotatable bonds is 4. The minimum absolute atomic E-state index is 0.235. The molecule has 0 saturated heterocycles. The van der Waals surface area contributed by atoms with Crippen LogP contribution in [0.1, 0.15) is 26.7 Å². The van der Waals surface area contributed by atoms with E-state index in [-0.39, 0.29) is 5.92 Å². The summed E-state index contributed by atoms with van der Waals surface area (Å²) in [6, 6.07) is 0. The first-order valence-electron chi connectivity index (χ1n) is 5.25. The van der Waals surface area contributed by atoms with Gasteiger partial charge in [0, 0.05) is 10.5 Å². The summed E-state index contributed by atoms with van der Waals surface area (Å²) in [7, 11) is 0.817. The summed E-state index contributed by atoms with van der Waals surface area (Å²) in [5.74, 6) is 1.08. The molecule has 1 rings (SSSR count). The molecule has 1 aliphatic rings. The molecule has 0 spiro atoms. The second-order valence-corrected chi connectivity index (χ2v) is 4.83. The van der Waals surface area contributed by atoms with Crippen LogP contribution >= 0.6 is 8.25 Å². The molecule has 0 N–H and O–H groups in total. The summed E-state index contributed by atoms with van der Waals surface area (Å²) in [6.45, 7) is 3.69. The van der Waals surface area contributed by atoms with Crippen molar-refractivity contribution in [1.29, 1.82) is 0 Å². The smallest absolute Gasteiger partial charge is 0.300 e. The van der Waals surface area contributed by atoms with Gasteiger partial charge in [0.15, 0.2) is 0 Å². The molecule has 0 fully saturated rings. The van der Waals surface area contributed by atoms with Crippen molar-refractivity contribution in [2.24, 2.45) is 11.8 Å². The van der Waals surface area contributed by atoms with Gasteiger partial charge in [-0.25, -0.2) is 0 Å². The number of hydrogen-bond acceptors (Lipinski definition) is 4. The molecule has 0 aromatic heterocycles. The Morgan fingerprint density at radius 3 is 2.25 bits per heavy atom. The molecule has 1 aliphatic carbocycles. The normalized spacial score (nSPS) is 19.9. The molecule has 4 nitrogen and oxygen atoms in total. The molecule has 0 aromatic carbocycles. The molecule has 2 atom stereocenters. The molecule has 0 radical (unpaired) electrons. The zero-order valence-corrected chi connectivity index (χ0v) is 11.2. The summed E-state index contributed by atoms with van der Waals surface area (Å²) < 4.78 is 18.3. The zero-order chi connectivity index (χ0) is 12.6. The van der Waals surface area contributed by atoms with Gasteiger partial charge in [-0.1, -0.05) is 19.1 Å². The van der Waals surface area contributed by atoms with Crippen molar-refractivity contribution in [3.63, 3.8) is 0 Å². The molecule has 0 saturated carbocycles. The summed E-state index contributed by atoms with van der Waals surface area (Å²) in [6.07, 6.45) is 6.67. The van der Waals surface area contributed by atoms with Crippen LogP contribution in [0.3, 0.4) is 0 Å². The highest BCUT2D eigenvalue weighted by molar-refractivity contribution is 7.33. The Morgan fingerprint density at radius 1 is 1.44 bits per heavy atom. The van der Waals surface area contributed by atoms with Crippen LogP contribution in [0.15, 0.2) is 12.2 Å². The van der Waals surface area contributed by atoms with Gasteiger partial charge in [0.1, 0.15) is 5.78 Å². The monoisotopic (exact) mass is 247 g/mol. The van der Waals surface area contributed by atoms with Crippen molar-refractivity contribution in [3.05, 3.63) is 12.2 Å². The van der Waals surface area contributed by atoms with Crippen LogP contribution in [0.4, 0.5) is 0 Å². The van der Waals surface area contributed by atoms with Crippen molar-refractivity contribution in [1.82, 2.24) is 0 Å². The van der Waals surface area contributed by atoms with Crippen LogP contribution in [0.5, 0.6) is 0 Å². The van der Waals surface area contributed by atoms with Crippen molar-refractivity contribution >= 4 is 14.0 Å². The third-order valence-corrected chi connectivity index (χ3v) is 3.23. The summed E-state index contributed by atoms with van der Waals surface area (Å²) in [4.78, 5) is 10.9. The maximum absolute atomic E-state index is 10.9. The van der Waals surface area contributed by atoms with E-state index in [1.54, 1.807) is 6.92 Å². The molecule has 0 aliphatic heterocycles. The summed E-state index contributed by atoms with van der Waals surface area (Å²) in [5.41, 5.74) is 0. The first-order chi connectivity index (χ1) is 7.52. The van der Waals surface area contributed by atoms with Crippen LogP contribution in [0.25, 0.3) is 0 Å². The maximum atomic E-state index is 10.9. The Labute approximate surface area is 98.0 Å². The molecular weight excluding hydrogens is 227 g/mol. The van der Waals surface area contributed by atoms with Crippen LogP contribution in [0.2, 0.25) is 0 Å². The highest BCUT2D eigenvalue weighted by atomic mass is 31.1. The first kappa shape index (κ1) is 15.4. The SMILES string of the molecule is CC(=O)C(C)C1C=CCC1.CO[P+](=O)OC. The Bertz CT molecular complexity index is 257. The van der Waals surface area contributed by atoms with Gasteiger partial charge in [0.05, 0.1) is 14.2 Å². The fourth-order valence-electron chi connectivity index (χ4n) is 1.45. The molecule has 0 heterocycles. The van der Waals surface area contributed by atoms with Gasteiger partial charge < -0.3 is 0 Å². The van der Waals surface area contributed by atoms with Crippen LogP contribution in [0, 0.1) is 11.8 Å². The molecular formula is C11H20O4P+. The number of allylic oxidation sites excluding steroid dienone is 2. The van der Waals surface area contributed by atoms with Crippen molar-refractivity contribution in [2.75, 3.05) is 14.2 Å². The Balaban J connectivity index is 0.000000325. The Kier molecular flexibility index (Phi) is 8.26. The number of hydrogen-bond donors (Lipinski definition) is 0. The van der Waals surface area contributed by atoms with E-state index >= 15 is 0 Å². The summed E-state index contributed by atoms with van der Waals surface area (Å²) in [5, 5.41) is 0. The lowest BCUT2D eigenvalue weighted by Gasteiger charge is -2.12. The van der Waals surface area contributed by atoms with E-state index in [9.17, 15) is 9.36 Å². The average Bonchev–Trinajstić information content (AvgIpc) is 2.81. The number of carbonyl (C=O) groups is 1. The minimum Gasteiger partial charge on any atom is -0.300 e. The lowest BCUT2D eigenvalue weighted by molar-refractivity contribution is -0.121. The molecule has 0 bridgehead atoms. The quantitative estimate of drug-likeness (QED) is 0.565. The molecule has 92 valence electrons. The van der Waals surface area contributed by atoms with E-state index in [0.717, 1.165) is 6.42 Å². The highest BCUT2D eigenvalue weighted by Gasteiger charge is 2.20. The second kappa shape index (κ2) is 8.57. The van der Waals surface area contributed by atoms with E-state index in [1.807, 2.05) is 6.92 Å². The fourth-order valence-corrected chi connectivity index (χ4v) is 1.60. The molecule has 16 heavy (non-hydrogen) atoms. The maximum Gasteiger partial charge on any atom is 0.696 e. The lowest BCUT2D eigenvalue weighted by Crippen LogP contribution is -2.14. The standard InChI is InChI=1S/C9H14O.C2H6O3P/c1-7(8(2)10)9-5-3-4-6-9;1-4-6(3)5-2/h3,5,7,9H,4,6H2,1-2H3;1-2H3/q;+1. The van der Waals surface area contributed by atoms with Crippen molar-refractivity contribution in [2.45, 2.75) is 26.7 Å². The largest absolute Gasteiger partial charge is 0.696 e. The van der Waals surface area contributed by atoms with E-state index < -0.39 is 8.25 Å². The predicted octanol–water partition coefficient (Wildman–Crippen LogP) is 3.11. The van der Waals surface area contributed by atoms with E-state index in [2.05, 4.69) is 21.2 Å². The van der Waals surface area contributed by atoms with Crippen LogP contribution < -0.4 is 0 Å². The van der Waals surface area contributed by atoms with E-state index in [0.29, 0.717) is 11.7 Å². The number of ketones is 1. The van der Waals surface area contributed by atoms with E-state index in [4.69, 9.17) is 0 Å². The van der Waals surface area contributed by atoms with Crippen molar-refractivity contribution in [3.8, 4) is 0 Å². The van der Waals surface area contributed by atoms with Gasteiger partial charge in [0.25, 0.3) is 0 Å². The summed E-state index contributed by atoms with van der Waals surface area (Å²) >= 11 is 0. The second-order valence-electron chi connectivity index (χ2n) is 3.66. The Hall–Kier alpha value is -0.570. The predicted molar refractivity (Wildman–Crippen MR) is 63.3 cm³/mol. The van der Waals surface area contributed by atoms with Gasteiger partial charge >= 0.3 is 8.25 Å². The zero-order valence-electron chi connectivity index (χ0n) is 10.3.